The van der Waals surface area contributed by atoms with Crippen LogP contribution in [-0.2, 0) is 9.53 Å². The Morgan fingerprint density at radius 1 is 1.12 bits per heavy atom. The smallest absolute Gasteiger partial charge is 0.253 e. The number of hydrogen-bond acceptors (Lipinski definition) is 4. The molecule has 1 aliphatic rings. The van der Waals surface area contributed by atoms with E-state index < -0.39 is 6.10 Å². The summed E-state index contributed by atoms with van der Waals surface area (Å²) < 4.78 is 11.5. The first-order valence-corrected chi connectivity index (χ1v) is 7.74. The van der Waals surface area contributed by atoms with Crippen molar-refractivity contribution in [2.24, 2.45) is 5.73 Å². The highest BCUT2D eigenvalue weighted by atomic mass is 35.5. The Balaban J connectivity index is 0.00000208. The van der Waals surface area contributed by atoms with Crippen molar-refractivity contribution in [3.63, 3.8) is 0 Å². The minimum absolute atomic E-state index is 0. The maximum atomic E-state index is 12.3. The second-order valence-electron chi connectivity index (χ2n) is 5.46. The zero-order valence-corrected chi connectivity index (χ0v) is 14.0. The molecule has 1 amide bonds. The standard InChI is InChI=1S/C18H20N2O3.ClH/c19-12-14-10-11-17(23-14)18(21)20-15-8-4-5-9-16(15)22-13-6-2-1-3-7-13;/h1-9,14,17H,10-12,19H2,(H,20,21);1H/t14-,17+;/m1./s1. The molecule has 128 valence electrons. The molecule has 0 unspecified atom stereocenters. The van der Waals surface area contributed by atoms with Gasteiger partial charge in [0.25, 0.3) is 5.91 Å². The van der Waals surface area contributed by atoms with E-state index in [2.05, 4.69) is 5.32 Å². The number of anilines is 1. The van der Waals surface area contributed by atoms with Crippen molar-refractivity contribution >= 4 is 24.0 Å². The zero-order valence-electron chi connectivity index (χ0n) is 13.2. The number of carbonyl (C=O) groups is 1. The fourth-order valence-corrected chi connectivity index (χ4v) is 2.56. The van der Waals surface area contributed by atoms with E-state index in [9.17, 15) is 4.79 Å². The predicted molar refractivity (Wildman–Crippen MR) is 95.8 cm³/mol. The van der Waals surface area contributed by atoms with Crippen molar-refractivity contribution in [2.75, 3.05) is 11.9 Å². The third kappa shape index (κ3) is 4.47. The monoisotopic (exact) mass is 348 g/mol. The lowest BCUT2D eigenvalue weighted by Gasteiger charge is -2.15. The molecule has 0 bridgehead atoms. The van der Waals surface area contributed by atoms with Gasteiger partial charge in [0.15, 0.2) is 5.75 Å². The fraction of sp³-hybridized carbons (Fsp3) is 0.278. The highest BCUT2D eigenvalue weighted by Gasteiger charge is 2.30. The quantitative estimate of drug-likeness (QED) is 0.869. The van der Waals surface area contributed by atoms with Gasteiger partial charge in [-0.05, 0) is 37.1 Å². The number of para-hydroxylation sites is 3. The van der Waals surface area contributed by atoms with E-state index in [-0.39, 0.29) is 24.4 Å². The van der Waals surface area contributed by atoms with Crippen LogP contribution >= 0.6 is 12.4 Å². The predicted octanol–water partition coefficient (Wildman–Crippen LogP) is 3.35. The molecule has 0 spiro atoms. The molecular formula is C18H21ClN2O3. The first kappa shape index (κ1) is 18.3. The number of nitrogens with one attached hydrogen (secondary N) is 1. The summed E-state index contributed by atoms with van der Waals surface area (Å²) in [4.78, 5) is 12.3. The van der Waals surface area contributed by atoms with Gasteiger partial charge in [-0.25, -0.2) is 0 Å². The second-order valence-corrected chi connectivity index (χ2v) is 5.46. The molecule has 1 fully saturated rings. The molecule has 0 aromatic heterocycles. The molecular weight excluding hydrogens is 328 g/mol. The largest absolute Gasteiger partial charge is 0.455 e. The molecule has 2 atom stereocenters. The Morgan fingerprint density at radius 3 is 2.54 bits per heavy atom. The van der Waals surface area contributed by atoms with Crippen molar-refractivity contribution in [1.29, 1.82) is 0 Å². The van der Waals surface area contributed by atoms with E-state index >= 15 is 0 Å². The van der Waals surface area contributed by atoms with Crippen LogP contribution in [0, 0.1) is 0 Å². The van der Waals surface area contributed by atoms with E-state index in [4.69, 9.17) is 15.2 Å². The molecule has 1 saturated heterocycles. The van der Waals surface area contributed by atoms with Gasteiger partial charge in [0.1, 0.15) is 11.9 Å². The third-order valence-electron chi connectivity index (χ3n) is 3.78. The topological polar surface area (TPSA) is 73.6 Å². The summed E-state index contributed by atoms with van der Waals surface area (Å²) in [7, 11) is 0. The summed E-state index contributed by atoms with van der Waals surface area (Å²) in [5.41, 5.74) is 6.21. The molecule has 0 radical (unpaired) electrons. The molecule has 3 N–H and O–H groups in total. The number of benzene rings is 2. The van der Waals surface area contributed by atoms with Crippen molar-refractivity contribution in [2.45, 2.75) is 25.0 Å². The van der Waals surface area contributed by atoms with Crippen molar-refractivity contribution in [3.05, 3.63) is 54.6 Å². The molecule has 2 aromatic carbocycles. The van der Waals surface area contributed by atoms with Crippen LogP contribution in [0.2, 0.25) is 0 Å². The minimum atomic E-state index is -0.451. The first-order valence-electron chi connectivity index (χ1n) is 7.74. The van der Waals surface area contributed by atoms with Crippen LogP contribution in [0.1, 0.15) is 12.8 Å². The summed E-state index contributed by atoms with van der Waals surface area (Å²) in [6.45, 7) is 0.442. The number of ether oxygens (including phenoxy) is 2. The van der Waals surface area contributed by atoms with Gasteiger partial charge in [0, 0.05) is 6.54 Å². The van der Waals surface area contributed by atoms with Gasteiger partial charge in [-0.2, -0.15) is 0 Å². The van der Waals surface area contributed by atoms with Gasteiger partial charge in [0.2, 0.25) is 0 Å². The van der Waals surface area contributed by atoms with E-state index in [0.29, 0.717) is 24.4 Å². The zero-order chi connectivity index (χ0) is 16.1. The molecule has 3 rings (SSSR count). The summed E-state index contributed by atoms with van der Waals surface area (Å²) in [6, 6.07) is 16.8. The van der Waals surface area contributed by atoms with Crippen LogP contribution in [0.25, 0.3) is 0 Å². The van der Waals surface area contributed by atoms with Crippen LogP contribution < -0.4 is 15.8 Å². The maximum absolute atomic E-state index is 12.3. The van der Waals surface area contributed by atoms with Crippen molar-refractivity contribution in [1.82, 2.24) is 0 Å². The van der Waals surface area contributed by atoms with Crippen molar-refractivity contribution in [3.8, 4) is 11.5 Å². The minimum Gasteiger partial charge on any atom is -0.455 e. The van der Waals surface area contributed by atoms with Gasteiger partial charge in [-0.15, -0.1) is 12.4 Å². The van der Waals surface area contributed by atoms with Gasteiger partial charge >= 0.3 is 0 Å². The molecule has 1 aliphatic heterocycles. The van der Waals surface area contributed by atoms with E-state index in [0.717, 1.165) is 12.2 Å². The average molecular weight is 349 g/mol. The third-order valence-corrected chi connectivity index (χ3v) is 3.78. The highest BCUT2D eigenvalue weighted by molar-refractivity contribution is 5.95. The number of nitrogens with two attached hydrogens (primary N) is 1. The van der Waals surface area contributed by atoms with Crippen LogP contribution in [0.5, 0.6) is 11.5 Å². The normalized spacial score (nSPS) is 19.4. The summed E-state index contributed by atoms with van der Waals surface area (Å²) >= 11 is 0. The van der Waals surface area contributed by atoms with Gasteiger partial charge in [-0.3, -0.25) is 4.79 Å². The number of carbonyl (C=O) groups excluding carboxylic acids is 1. The van der Waals surface area contributed by atoms with Crippen LogP contribution in [0.15, 0.2) is 54.6 Å². The van der Waals surface area contributed by atoms with E-state index in [1.54, 1.807) is 0 Å². The van der Waals surface area contributed by atoms with Gasteiger partial charge in [-0.1, -0.05) is 30.3 Å². The lowest BCUT2D eigenvalue weighted by atomic mass is 10.2. The lowest BCUT2D eigenvalue weighted by molar-refractivity contribution is -0.126. The molecule has 2 aromatic rings. The summed E-state index contributed by atoms with van der Waals surface area (Å²) in [5, 5.41) is 2.89. The Bertz CT molecular complexity index is 666. The van der Waals surface area contributed by atoms with Gasteiger partial charge in [0.05, 0.1) is 11.8 Å². The Kier molecular flexibility index (Phi) is 6.61. The summed E-state index contributed by atoms with van der Waals surface area (Å²) in [5.74, 6) is 1.15. The first-order chi connectivity index (χ1) is 11.3. The molecule has 24 heavy (non-hydrogen) atoms. The second kappa shape index (κ2) is 8.68. The number of amides is 1. The maximum Gasteiger partial charge on any atom is 0.253 e. The Labute approximate surface area is 147 Å². The highest BCUT2D eigenvalue weighted by Crippen LogP contribution is 2.30. The average Bonchev–Trinajstić information content (AvgIpc) is 3.07. The Hall–Kier alpha value is -2.08. The SMILES string of the molecule is Cl.NC[C@H]1CC[C@@H](C(=O)Nc2ccccc2Oc2ccccc2)O1. The molecule has 5 nitrogen and oxygen atoms in total. The lowest BCUT2D eigenvalue weighted by Crippen LogP contribution is -2.29. The molecule has 0 aliphatic carbocycles. The van der Waals surface area contributed by atoms with Crippen LogP contribution in [-0.4, -0.2) is 24.7 Å². The van der Waals surface area contributed by atoms with Gasteiger partial charge < -0.3 is 20.5 Å². The van der Waals surface area contributed by atoms with Crippen molar-refractivity contribution < 1.29 is 14.3 Å². The number of rotatable bonds is 5. The fourth-order valence-electron chi connectivity index (χ4n) is 2.56. The van der Waals surface area contributed by atoms with E-state index in [1.165, 1.54) is 0 Å². The number of hydrogen-bond donors (Lipinski definition) is 2. The van der Waals surface area contributed by atoms with Crippen LogP contribution in [0.3, 0.4) is 0 Å². The molecule has 6 heteroatoms. The molecule has 1 heterocycles. The van der Waals surface area contributed by atoms with E-state index in [1.807, 2.05) is 54.6 Å². The number of halogens is 1. The molecule has 0 saturated carbocycles. The summed E-state index contributed by atoms with van der Waals surface area (Å²) in [6.07, 6.45) is 1.03. The van der Waals surface area contributed by atoms with Crippen LogP contribution in [0.4, 0.5) is 5.69 Å². The Morgan fingerprint density at radius 2 is 1.83 bits per heavy atom.